The molecule has 0 saturated heterocycles. The first-order valence-corrected chi connectivity index (χ1v) is 8.95. The van der Waals surface area contributed by atoms with E-state index in [1.54, 1.807) is 0 Å². The zero-order valence-corrected chi connectivity index (χ0v) is 14.9. The van der Waals surface area contributed by atoms with Crippen LogP contribution < -0.4 is 10.6 Å². The second-order valence-electron chi connectivity index (χ2n) is 7.17. The number of carbonyl (C=O) groups is 1. The molecule has 2 amide bonds. The summed E-state index contributed by atoms with van der Waals surface area (Å²) in [6.07, 6.45) is 5.64. The van der Waals surface area contributed by atoms with Crippen LogP contribution in [-0.2, 0) is 0 Å². The van der Waals surface area contributed by atoms with Crippen molar-refractivity contribution in [1.82, 2.24) is 15.5 Å². The topological polar surface area (TPSA) is 64.6 Å². The Labute approximate surface area is 145 Å². The lowest BCUT2D eigenvalue weighted by Crippen LogP contribution is -2.48. The SMILES string of the molecule is CN(C)CC[C@@H](NC(=O)NCC1(O)CCCCC1)c1ccccc1. The molecule has 1 saturated carbocycles. The third-order valence-electron chi connectivity index (χ3n) is 4.73. The number of carbonyl (C=O) groups excluding carboxylic acids is 1. The summed E-state index contributed by atoms with van der Waals surface area (Å²) in [5.41, 5.74) is 0.368. The van der Waals surface area contributed by atoms with Gasteiger partial charge in [-0.2, -0.15) is 0 Å². The molecule has 1 aliphatic carbocycles. The average molecular weight is 333 g/mol. The number of benzene rings is 1. The van der Waals surface area contributed by atoms with Crippen molar-refractivity contribution in [3.63, 3.8) is 0 Å². The molecular formula is C19H31N3O2. The van der Waals surface area contributed by atoms with Crippen molar-refractivity contribution in [3.05, 3.63) is 35.9 Å². The van der Waals surface area contributed by atoms with Gasteiger partial charge in [0.15, 0.2) is 0 Å². The fourth-order valence-electron chi connectivity index (χ4n) is 3.24. The zero-order valence-electron chi connectivity index (χ0n) is 14.9. The molecule has 3 N–H and O–H groups in total. The predicted molar refractivity (Wildman–Crippen MR) is 96.9 cm³/mol. The van der Waals surface area contributed by atoms with E-state index in [0.717, 1.165) is 44.2 Å². The van der Waals surface area contributed by atoms with E-state index in [1.165, 1.54) is 6.42 Å². The van der Waals surface area contributed by atoms with Gasteiger partial charge in [-0.15, -0.1) is 0 Å². The van der Waals surface area contributed by atoms with E-state index < -0.39 is 5.60 Å². The number of hydrogen-bond donors (Lipinski definition) is 3. The third-order valence-corrected chi connectivity index (χ3v) is 4.73. The molecule has 2 rings (SSSR count). The molecule has 0 aliphatic heterocycles. The molecule has 0 spiro atoms. The van der Waals surface area contributed by atoms with Crippen LogP contribution >= 0.6 is 0 Å². The van der Waals surface area contributed by atoms with Crippen LogP contribution in [0.4, 0.5) is 4.79 Å². The molecule has 134 valence electrons. The Balaban J connectivity index is 1.89. The first kappa shape index (κ1) is 18.7. The van der Waals surface area contributed by atoms with Crippen LogP contribution in [-0.4, -0.2) is 48.8 Å². The lowest BCUT2D eigenvalue weighted by Gasteiger charge is -2.32. The maximum absolute atomic E-state index is 12.3. The maximum atomic E-state index is 12.3. The minimum absolute atomic E-state index is 0.0328. The molecule has 0 unspecified atom stereocenters. The molecule has 0 aromatic heterocycles. The third kappa shape index (κ3) is 6.13. The molecule has 1 aromatic carbocycles. The fourth-order valence-corrected chi connectivity index (χ4v) is 3.24. The highest BCUT2D eigenvalue weighted by molar-refractivity contribution is 5.74. The van der Waals surface area contributed by atoms with Gasteiger partial charge in [0.2, 0.25) is 0 Å². The number of aliphatic hydroxyl groups is 1. The second kappa shape index (κ2) is 9.04. The Kier molecular flexibility index (Phi) is 7.06. The second-order valence-corrected chi connectivity index (χ2v) is 7.17. The Bertz CT molecular complexity index is 499. The van der Waals surface area contributed by atoms with E-state index in [-0.39, 0.29) is 12.1 Å². The van der Waals surface area contributed by atoms with Crippen molar-refractivity contribution >= 4 is 6.03 Å². The summed E-state index contributed by atoms with van der Waals surface area (Å²) in [5.74, 6) is 0. The van der Waals surface area contributed by atoms with Gasteiger partial charge in [-0.3, -0.25) is 0 Å². The van der Waals surface area contributed by atoms with Gasteiger partial charge in [-0.1, -0.05) is 49.6 Å². The lowest BCUT2D eigenvalue weighted by atomic mass is 9.85. The largest absolute Gasteiger partial charge is 0.388 e. The summed E-state index contributed by atoms with van der Waals surface area (Å²) in [6, 6.07) is 9.79. The number of urea groups is 1. The lowest BCUT2D eigenvalue weighted by molar-refractivity contribution is 0.00711. The van der Waals surface area contributed by atoms with Crippen LogP contribution in [0.3, 0.4) is 0 Å². The molecular weight excluding hydrogens is 302 g/mol. The summed E-state index contributed by atoms with van der Waals surface area (Å²) in [5, 5.41) is 16.4. The predicted octanol–water partition coefficient (Wildman–Crippen LogP) is 2.67. The van der Waals surface area contributed by atoms with Crippen LogP contribution in [0.1, 0.15) is 50.1 Å². The quantitative estimate of drug-likeness (QED) is 0.719. The number of rotatable bonds is 7. The zero-order chi connectivity index (χ0) is 17.4. The smallest absolute Gasteiger partial charge is 0.315 e. The summed E-state index contributed by atoms with van der Waals surface area (Å²) < 4.78 is 0. The molecule has 1 aromatic rings. The van der Waals surface area contributed by atoms with Crippen molar-refractivity contribution < 1.29 is 9.90 Å². The van der Waals surface area contributed by atoms with E-state index in [4.69, 9.17) is 0 Å². The van der Waals surface area contributed by atoms with Gasteiger partial charge in [0.1, 0.15) is 0 Å². The van der Waals surface area contributed by atoms with Gasteiger partial charge in [0, 0.05) is 6.54 Å². The van der Waals surface area contributed by atoms with Crippen molar-refractivity contribution in [1.29, 1.82) is 0 Å². The molecule has 1 fully saturated rings. The van der Waals surface area contributed by atoms with Gasteiger partial charge in [-0.25, -0.2) is 4.79 Å². The molecule has 0 radical (unpaired) electrons. The van der Waals surface area contributed by atoms with Crippen molar-refractivity contribution in [2.75, 3.05) is 27.2 Å². The molecule has 0 heterocycles. The van der Waals surface area contributed by atoms with Crippen LogP contribution in [0, 0.1) is 0 Å². The Morgan fingerprint density at radius 3 is 2.50 bits per heavy atom. The highest BCUT2D eigenvalue weighted by atomic mass is 16.3. The van der Waals surface area contributed by atoms with Gasteiger partial charge in [0.25, 0.3) is 0 Å². The van der Waals surface area contributed by atoms with E-state index in [9.17, 15) is 9.90 Å². The monoisotopic (exact) mass is 333 g/mol. The van der Waals surface area contributed by atoms with Crippen LogP contribution in [0.25, 0.3) is 0 Å². The van der Waals surface area contributed by atoms with Gasteiger partial charge >= 0.3 is 6.03 Å². The minimum Gasteiger partial charge on any atom is -0.388 e. The van der Waals surface area contributed by atoms with Gasteiger partial charge < -0.3 is 20.6 Å². The van der Waals surface area contributed by atoms with Crippen molar-refractivity contribution in [3.8, 4) is 0 Å². The highest BCUT2D eigenvalue weighted by Gasteiger charge is 2.29. The number of nitrogens with zero attached hydrogens (tertiary/aromatic N) is 1. The van der Waals surface area contributed by atoms with Crippen molar-refractivity contribution in [2.24, 2.45) is 0 Å². The summed E-state index contributed by atoms with van der Waals surface area (Å²) in [7, 11) is 4.06. The van der Waals surface area contributed by atoms with Crippen molar-refractivity contribution in [2.45, 2.75) is 50.2 Å². The Hall–Kier alpha value is -1.59. The molecule has 5 nitrogen and oxygen atoms in total. The van der Waals surface area contributed by atoms with E-state index in [1.807, 2.05) is 44.4 Å². The first-order valence-electron chi connectivity index (χ1n) is 8.95. The summed E-state index contributed by atoms with van der Waals surface area (Å²) >= 11 is 0. The minimum atomic E-state index is -0.735. The first-order chi connectivity index (χ1) is 11.5. The maximum Gasteiger partial charge on any atom is 0.315 e. The standard InChI is InChI=1S/C19H31N3O2/c1-22(2)14-11-17(16-9-5-3-6-10-16)21-18(23)20-15-19(24)12-7-4-8-13-19/h3,5-6,9-10,17,24H,4,7-8,11-15H2,1-2H3,(H2,20,21,23)/t17-/m1/s1. The molecule has 0 bridgehead atoms. The number of amides is 2. The number of nitrogens with one attached hydrogen (secondary N) is 2. The molecule has 1 atom stereocenters. The van der Waals surface area contributed by atoms with E-state index in [0.29, 0.717) is 6.54 Å². The molecule has 1 aliphatic rings. The fraction of sp³-hybridized carbons (Fsp3) is 0.632. The molecule has 24 heavy (non-hydrogen) atoms. The summed E-state index contributed by atoms with van der Waals surface area (Å²) in [4.78, 5) is 14.4. The highest BCUT2D eigenvalue weighted by Crippen LogP contribution is 2.27. The van der Waals surface area contributed by atoms with Crippen LogP contribution in [0.15, 0.2) is 30.3 Å². The Morgan fingerprint density at radius 1 is 1.21 bits per heavy atom. The van der Waals surface area contributed by atoms with Crippen LogP contribution in [0.5, 0.6) is 0 Å². The summed E-state index contributed by atoms with van der Waals surface area (Å²) in [6.45, 7) is 1.22. The average Bonchev–Trinajstić information content (AvgIpc) is 2.58. The Morgan fingerprint density at radius 2 is 1.88 bits per heavy atom. The van der Waals surface area contributed by atoms with Gasteiger partial charge in [0.05, 0.1) is 11.6 Å². The van der Waals surface area contributed by atoms with Crippen LogP contribution in [0.2, 0.25) is 0 Å². The molecule has 5 heteroatoms. The van der Waals surface area contributed by atoms with Gasteiger partial charge in [-0.05, 0) is 45.5 Å². The normalized spacial score (nSPS) is 18.2. The van der Waals surface area contributed by atoms with E-state index >= 15 is 0 Å². The number of hydrogen-bond acceptors (Lipinski definition) is 3. The van der Waals surface area contributed by atoms with E-state index in [2.05, 4.69) is 15.5 Å².